The lowest BCUT2D eigenvalue weighted by atomic mass is 10.1. The van der Waals surface area contributed by atoms with E-state index in [2.05, 4.69) is 4.98 Å². The van der Waals surface area contributed by atoms with Gasteiger partial charge in [0.05, 0.1) is 15.9 Å². The van der Waals surface area contributed by atoms with Crippen molar-refractivity contribution in [1.82, 2.24) is 4.98 Å². The fraction of sp³-hybridized carbons (Fsp3) is 0. The standard InChI is InChI=1S/C13H9NO4S/c15-13-9-3-1-2-4-11(9)14-12-7-8(19(16,17)18)5-6-10(12)13/h1-7H,(H,14,15)(H,16,17,18). The molecule has 0 aliphatic carbocycles. The van der Waals surface area contributed by atoms with E-state index < -0.39 is 10.1 Å². The molecule has 0 saturated carbocycles. The maximum atomic E-state index is 11.1. The SMILES string of the molecule is O=S(=O)(O)c1ccc2c(O)c3ccccc3nc2c1. The van der Waals surface area contributed by atoms with Crippen LogP contribution in [-0.4, -0.2) is 23.1 Å². The van der Waals surface area contributed by atoms with Crippen LogP contribution in [0.2, 0.25) is 0 Å². The first kappa shape index (κ1) is 11.9. The highest BCUT2D eigenvalue weighted by atomic mass is 32.2. The Morgan fingerprint density at radius 3 is 2.37 bits per heavy atom. The van der Waals surface area contributed by atoms with E-state index in [1.165, 1.54) is 18.2 Å². The molecule has 0 amide bonds. The third-order valence-electron chi connectivity index (χ3n) is 2.92. The first-order valence-electron chi connectivity index (χ1n) is 5.46. The number of aromatic hydroxyl groups is 1. The average Bonchev–Trinajstić information content (AvgIpc) is 2.37. The van der Waals surface area contributed by atoms with Crippen molar-refractivity contribution in [2.24, 2.45) is 0 Å². The lowest BCUT2D eigenvalue weighted by Crippen LogP contribution is -1.98. The van der Waals surface area contributed by atoms with Crippen LogP contribution < -0.4 is 0 Å². The second-order valence-electron chi connectivity index (χ2n) is 4.13. The maximum absolute atomic E-state index is 11.1. The van der Waals surface area contributed by atoms with E-state index in [0.29, 0.717) is 21.8 Å². The zero-order valence-corrected chi connectivity index (χ0v) is 10.4. The Morgan fingerprint density at radius 1 is 0.947 bits per heavy atom. The van der Waals surface area contributed by atoms with Crippen molar-refractivity contribution in [2.45, 2.75) is 4.90 Å². The van der Waals surface area contributed by atoms with Crippen LogP contribution in [0.4, 0.5) is 0 Å². The van der Waals surface area contributed by atoms with Crippen molar-refractivity contribution >= 4 is 31.9 Å². The number of aromatic nitrogens is 1. The van der Waals surface area contributed by atoms with Crippen LogP contribution in [0.25, 0.3) is 21.8 Å². The molecule has 0 atom stereocenters. The lowest BCUT2D eigenvalue weighted by molar-refractivity contribution is 0.482. The Labute approximate surface area is 108 Å². The molecule has 1 aromatic heterocycles. The molecule has 5 nitrogen and oxygen atoms in total. The molecule has 0 fully saturated rings. The van der Waals surface area contributed by atoms with Gasteiger partial charge in [-0.3, -0.25) is 4.55 Å². The molecule has 6 heteroatoms. The van der Waals surface area contributed by atoms with Crippen molar-refractivity contribution < 1.29 is 18.1 Å². The second-order valence-corrected chi connectivity index (χ2v) is 5.55. The molecule has 1 heterocycles. The quantitative estimate of drug-likeness (QED) is 0.525. The minimum atomic E-state index is -4.28. The normalized spacial score (nSPS) is 12.1. The minimum absolute atomic E-state index is 0.0440. The van der Waals surface area contributed by atoms with Crippen molar-refractivity contribution in [2.75, 3.05) is 0 Å². The van der Waals surface area contributed by atoms with Gasteiger partial charge in [0.25, 0.3) is 10.1 Å². The van der Waals surface area contributed by atoms with Crippen LogP contribution in [0, 0.1) is 0 Å². The van der Waals surface area contributed by atoms with E-state index in [4.69, 9.17) is 4.55 Å². The maximum Gasteiger partial charge on any atom is 0.294 e. The summed E-state index contributed by atoms with van der Waals surface area (Å²) in [6, 6.07) is 10.9. The topological polar surface area (TPSA) is 87.5 Å². The highest BCUT2D eigenvalue weighted by Crippen LogP contribution is 2.32. The Balaban J connectivity index is 2.45. The van der Waals surface area contributed by atoms with Crippen molar-refractivity contribution in [3.05, 3.63) is 42.5 Å². The number of fused-ring (bicyclic) bond motifs is 2. The molecule has 0 saturated heterocycles. The molecule has 3 aromatic rings. The summed E-state index contributed by atoms with van der Waals surface area (Å²) in [4.78, 5) is 4.03. The summed E-state index contributed by atoms with van der Waals surface area (Å²) in [7, 11) is -4.28. The molecular weight excluding hydrogens is 266 g/mol. The molecule has 2 aromatic carbocycles. The van der Waals surface area contributed by atoms with Crippen LogP contribution >= 0.6 is 0 Å². The number of hydrogen-bond donors (Lipinski definition) is 2. The Morgan fingerprint density at radius 2 is 1.63 bits per heavy atom. The van der Waals surface area contributed by atoms with E-state index >= 15 is 0 Å². The summed E-state index contributed by atoms with van der Waals surface area (Å²) < 4.78 is 31.2. The van der Waals surface area contributed by atoms with Gasteiger partial charge < -0.3 is 5.11 Å². The number of benzene rings is 2. The van der Waals surface area contributed by atoms with Crippen LogP contribution in [0.5, 0.6) is 5.75 Å². The molecule has 3 rings (SSSR count). The fourth-order valence-electron chi connectivity index (χ4n) is 2.01. The summed E-state index contributed by atoms with van der Waals surface area (Å²) in [5.74, 6) is 0.0440. The van der Waals surface area contributed by atoms with Gasteiger partial charge in [0.1, 0.15) is 5.75 Å². The number of para-hydroxylation sites is 1. The summed E-state index contributed by atoms with van der Waals surface area (Å²) in [6.45, 7) is 0. The molecule has 2 N–H and O–H groups in total. The van der Waals surface area contributed by atoms with Gasteiger partial charge >= 0.3 is 0 Å². The van der Waals surface area contributed by atoms with Gasteiger partial charge in [-0.05, 0) is 30.3 Å². The van der Waals surface area contributed by atoms with Gasteiger partial charge in [-0.1, -0.05) is 12.1 Å². The zero-order chi connectivity index (χ0) is 13.6. The average molecular weight is 275 g/mol. The van der Waals surface area contributed by atoms with E-state index in [9.17, 15) is 13.5 Å². The van der Waals surface area contributed by atoms with Crippen LogP contribution in [0.15, 0.2) is 47.4 Å². The predicted octanol–water partition coefficient (Wildman–Crippen LogP) is 2.34. The van der Waals surface area contributed by atoms with E-state index in [-0.39, 0.29) is 10.6 Å². The number of pyridine rings is 1. The van der Waals surface area contributed by atoms with Crippen LogP contribution in [0.3, 0.4) is 0 Å². The molecule has 19 heavy (non-hydrogen) atoms. The van der Waals surface area contributed by atoms with Crippen molar-refractivity contribution in [3.63, 3.8) is 0 Å². The first-order chi connectivity index (χ1) is 8.97. The first-order valence-corrected chi connectivity index (χ1v) is 6.90. The molecule has 96 valence electrons. The number of nitrogens with zero attached hydrogens (tertiary/aromatic N) is 1. The van der Waals surface area contributed by atoms with Crippen LogP contribution in [-0.2, 0) is 10.1 Å². The smallest absolute Gasteiger partial charge is 0.294 e. The van der Waals surface area contributed by atoms with Crippen molar-refractivity contribution in [1.29, 1.82) is 0 Å². The molecule has 0 bridgehead atoms. The molecule has 0 spiro atoms. The highest BCUT2D eigenvalue weighted by molar-refractivity contribution is 7.85. The predicted molar refractivity (Wildman–Crippen MR) is 70.7 cm³/mol. The van der Waals surface area contributed by atoms with Gasteiger partial charge in [-0.25, -0.2) is 4.98 Å². The summed E-state index contributed by atoms with van der Waals surface area (Å²) in [6.07, 6.45) is 0. The van der Waals surface area contributed by atoms with E-state index in [0.717, 1.165) is 0 Å². The Kier molecular flexibility index (Phi) is 2.44. The van der Waals surface area contributed by atoms with Gasteiger partial charge in [0.15, 0.2) is 0 Å². The molecule has 0 unspecified atom stereocenters. The molecular formula is C13H9NO4S. The lowest BCUT2D eigenvalue weighted by Gasteiger charge is -2.06. The fourth-order valence-corrected chi connectivity index (χ4v) is 2.51. The molecule has 0 aliphatic rings. The minimum Gasteiger partial charge on any atom is -0.507 e. The largest absolute Gasteiger partial charge is 0.507 e. The summed E-state index contributed by atoms with van der Waals surface area (Å²) in [5, 5.41) is 11.2. The third-order valence-corrected chi connectivity index (χ3v) is 3.77. The van der Waals surface area contributed by atoms with Gasteiger partial charge in [-0.2, -0.15) is 8.42 Å². The van der Waals surface area contributed by atoms with Crippen molar-refractivity contribution in [3.8, 4) is 5.75 Å². The van der Waals surface area contributed by atoms with Gasteiger partial charge in [0.2, 0.25) is 0 Å². The third kappa shape index (κ3) is 1.91. The number of rotatable bonds is 1. The summed E-state index contributed by atoms with van der Waals surface area (Å²) >= 11 is 0. The van der Waals surface area contributed by atoms with E-state index in [1.54, 1.807) is 24.3 Å². The monoisotopic (exact) mass is 275 g/mol. The second kappa shape index (κ2) is 3.91. The van der Waals surface area contributed by atoms with Gasteiger partial charge in [-0.15, -0.1) is 0 Å². The number of hydrogen-bond acceptors (Lipinski definition) is 4. The summed E-state index contributed by atoms with van der Waals surface area (Å²) in [5.41, 5.74) is 0.867. The molecule has 0 aliphatic heterocycles. The highest BCUT2D eigenvalue weighted by Gasteiger charge is 2.13. The Hall–Kier alpha value is -2.18. The Bertz CT molecular complexity index is 903. The van der Waals surface area contributed by atoms with E-state index in [1.807, 2.05) is 0 Å². The van der Waals surface area contributed by atoms with Gasteiger partial charge in [0, 0.05) is 10.8 Å². The van der Waals surface area contributed by atoms with Crippen LogP contribution in [0.1, 0.15) is 0 Å². The molecule has 0 radical (unpaired) electrons. The zero-order valence-electron chi connectivity index (χ0n) is 9.61.